The van der Waals surface area contributed by atoms with Crippen LogP contribution in [0.25, 0.3) is 11.1 Å². The van der Waals surface area contributed by atoms with Crippen LogP contribution in [-0.4, -0.2) is 127 Å². The number of nitrogens with one attached hydrogen (secondary N) is 3. The van der Waals surface area contributed by atoms with Gasteiger partial charge in [0.25, 0.3) is 17.7 Å². The average Bonchev–Trinajstić information content (AvgIpc) is 3.09. The van der Waals surface area contributed by atoms with Crippen LogP contribution in [0.15, 0.2) is 120 Å². The van der Waals surface area contributed by atoms with Gasteiger partial charge >= 0.3 is 0 Å². The molecule has 0 radical (unpaired) electrons. The Morgan fingerprint density at radius 3 is 1.95 bits per heavy atom. The molecule has 5 aliphatic rings. The Morgan fingerprint density at radius 2 is 1.33 bits per heavy atom. The lowest BCUT2D eigenvalue weighted by Gasteiger charge is -2.29. The lowest BCUT2D eigenvalue weighted by atomic mass is 9.93. The first-order chi connectivity index (χ1) is 40.0. The van der Waals surface area contributed by atoms with Crippen molar-refractivity contribution in [2.75, 3.05) is 46.4 Å². The van der Waals surface area contributed by atoms with Crippen LogP contribution in [0.1, 0.15) is 117 Å². The lowest BCUT2D eigenvalue weighted by molar-refractivity contribution is -0.131. The Morgan fingerprint density at radius 1 is 0.699 bits per heavy atom. The topological polar surface area (TPSA) is 219 Å². The second-order valence-corrected chi connectivity index (χ2v) is 21.8. The van der Waals surface area contributed by atoms with Crippen molar-refractivity contribution in [3.05, 3.63) is 132 Å². The normalized spacial score (nSPS) is 18.3. The van der Waals surface area contributed by atoms with Gasteiger partial charge in [-0.25, -0.2) is 0 Å². The Labute approximate surface area is 484 Å². The fourth-order valence-electron chi connectivity index (χ4n) is 10.6. The number of nitrogens with zero attached hydrogens (tertiary/aromatic N) is 5. The summed E-state index contributed by atoms with van der Waals surface area (Å²) in [4.78, 5) is 94.0. The van der Waals surface area contributed by atoms with Crippen molar-refractivity contribution in [2.45, 2.75) is 109 Å². The lowest BCUT2D eigenvalue weighted by Crippen LogP contribution is -2.53. The van der Waals surface area contributed by atoms with Crippen LogP contribution in [0.4, 0.5) is 17.1 Å². The highest BCUT2D eigenvalue weighted by atomic mass is 16.5. The summed E-state index contributed by atoms with van der Waals surface area (Å²) < 4.78 is 29.1. The molecule has 9 rings (SSSR count). The van der Waals surface area contributed by atoms with Gasteiger partial charge in [0, 0.05) is 80.2 Å². The number of allylic oxidation sites excluding steroid dienone is 1. The number of hydrogen-bond acceptors (Lipinski definition) is 13. The van der Waals surface area contributed by atoms with Crippen molar-refractivity contribution in [2.24, 2.45) is 15.9 Å². The standard InChI is InChI=1S/C64H72N8O11/c1-39(2)59(69-57(73)15-11-9-12-26-70-40(3)16-25-58(70)74)61(76)67-41(4)60(75)68-46-21-17-42(18-22-46)44-29-47-35-65-51-32-55(53(80-7)30-49(51)62(77)71(47)36-44)82-27-13-10-14-28-83-56-33-52-50(31-54(56)81-8)63(78)72-37-45(34-64(72,5)38-66-52)43-19-23-48(79-6)24-20-43/h16-25,30-33,35-39,41,47,59H,3,9-15,26-29,34H2,1-2,4-8H3,(H,67,76)(H,68,75)(H,69,73)/t41-,47-,59?,64?/m0/s1. The monoisotopic (exact) mass is 1130 g/mol. The highest BCUT2D eigenvalue weighted by molar-refractivity contribution is 6.07. The van der Waals surface area contributed by atoms with E-state index in [0.717, 1.165) is 53.7 Å². The minimum Gasteiger partial charge on any atom is -0.497 e. The maximum Gasteiger partial charge on any atom is 0.260 e. The van der Waals surface area contributed by atoms with Crippen LogP contribution in [0.5, 0.6) is 28.7 Å². The van der Waals surface area contributed by atoms with Gasteiger partial charge in [0.1, 0.15) is 17.8 Å². The van der Waals surface area contributed by atoms with Gasteiger partial charge in [-0.05, 0) is 117 Å². The SMILES string of the molecule is C=C1C=CC(=O)N1CCCCCC(=O)NC(C(=O)N[C@@H](C)C(=O)Nc1ccc(C2=CN3C(=O)c4cc(OC)c(OCCCCCOc5cc6c(cc5OC)C(=O)N5C=C(c7ccc(OC)cc7)CC5(C)C=N6)cc4N=C[C@@H]3C2)cc1)C(C)C. The molecule has 0 bridgehead atoms. The number of carbonyl (C=O) groups excluding carboxylic acids is 6. The first-order valence-electron chi connectivity index (χ1n) is 28.2. The summed E-state index contributed by atoms with van der Waals surface area (Å²) in [6.07, 6.45) is 16.1. The van der Waals surface area contributed by atoms with Crippen LogP contribution >= 0.6 is 0 Å². The minimum absolute atomic E-state index is 0.0871. The molecule has 434 valence electrons. The molecular weight excluding hydrogens is 1060 g/mol. The zero-order valence-corrected chi connectivity index (χ0v) is 48.1. The first-order valence-corrected chi connectivity index (χ1v) is 28.2. The second kappa shape index (κ2) is 25.8. The van der Waals surface area contributed by atoms with Crippen molar-refractivity contribution >= 4 is 76.1 Å². The first kappa shape index (κ1) is 58.6. The summed E-state index contributed by atoms with van der Waals surface area (Å²) in [5.74, 6) is 0.722. The fourth-order valence-corrected chi connectivity index (χ4v) is 10.6. The number of unbranched alkanes of at least 4 members (excludes halogenated alkanes) is 4. The van der Waals surface area contributed by atoms with Crippen molar-refractivity contribution < 1.29 is 52.5 Å². The molecule has 0 spiro atoms. The van der Waals surface area contributed by atoms with E-state index in [4.69, 9.17) is 33.7 Å². The van der Waals surface area contributed by atoms with E-state index < -0.39 is 29.4 Å². The molecule has 0 fully saturated rings. The van der Waals surface area contributed by atoms with Crippen LogP contribution in [0.3, 0.4) is 0 Å². The van der Waals surface area contributed by atoms with Crippen LogP contribution in [-0.2, 0) is 19.2 Å². The molecule has 0 aliphatic carbocycles. The van der Waals surface area contributed by atoms with E-state index in [1.165, 1.54) is 13.2 Å². The molecule has 6 amide bonds. The van der Waals surface area contributed by atoms with Gasteiger partial charge in [-0.3, -0.25) is 38.8 Å². The van der Waals surface area contributed by atoms with Gasteiger partial charge in [-0.2, -0.15) is 0 Å². The quantitative estimate of drug-likeness (QED) is 0.0531. The van der Waals surface area contributed by atoms with E-state index in [2.05, 4.69) is 22.5 Å². The number of amides is 6. The zero-order chi connectivity index (χ0) is 59.0. The minimum atomic E-state index is -0.901. The van der Waals surface area contributed by atoms with Gasteiger partial charge < -0.3 is 54.3 Å². The highest BCUT2D eigenvalue weighted by Gasteiger charge is 2.42. The van der Waals surface area contributed by atoms with Crippen LogP contribution in [0, 0.1) is 5.92 Å². The van der Waals surface area contributed by atoms with E-state index in [9.17, 15) is 28.8 Å². The zero-order valence-electron chi connectivity index (χ0n) is 48.1. The van der Waals surface area contributed by atoms with Gasteiger partial charge in [0.05, 0.1) is 68.6 Å². The number of carbonyl (C=O) groups is 6. The van der Waals surface area contributed by atoms with Crippen molar-refractivity contribution in [1.29, 1.82) is 0 Å². The second-order valence-electron chi connectivity index (χ2n) is 21.8. The van der Waals surface area contributed by atoms with Crippen LogP contribution in [0.2, 0.25) is 0 Å². The molecule has 19 nitrogen and oxygen atoms in total. The average molecular weight is 1130 g/mol. The predicted molar refractivity (Wildman–Crippen MR) is 318 cm³/mol. The largest absolute Gasteiger partial charge is 0.497 e. The Bertz CT molecular complexity index is 3310. The number of ether oxygens (including phenoxy) is 5. The Hall–Kier alpha value is -9.00. The van der Waals surface area contributed by atoms with E-state index in [1.54, 1.807) is 84.5 Å². The number of hydrogen-bond donors (Lipinski definition) is 3. The highest BCUT2D eigenvalue weighted by Crippen LogP contribution is 2.44. The molecule has 2 unspecified atom stereocenters. The molecule has 3 N–H and O–H groups in total. The molecular formula is C64H72N8O11. The molecule has 4 aromatic rings. The molecule has 5 heterocycles. The van der Waals surface area contributed by atoms with E-state index in [-0.39, 0.29) is 42.0 Å². The maximum atomic E-state index is 14.1. The third kappa shape index (κ3) is 13.4. The third-order valence-corrected chi connectivity index (χ3v) is 15.4. The summed E-state index contributed by atoms with van der Waals surface area (Å²) in [6, 6.07) is 19.9. The molecule has 5 aliphatic heterocycles. The number of anilines is 1. The molecule has 4 atom stereocenters. The van der Waals surface area contributed by atoms with Crippen molar-refractivity contribution in [3.63, 3.8) is 0 Å². The molecule has 0 saturated carbocycles. The maximum absolute atomic E-state index is 14.1. The number of benzene rings is 4. The molecule has 4 aromatic carbocycles. The van der Waals surface area contributed by atoms with E-state index >= 15 is 0 Å². The van der Waals surface area contributed by atoms with Gasteiger partial charge in [-0.15, -0.1) is 0 Å². The van der Waals surface area contributed by atoms with Crippen molar-refractivity contribution in [3.8, 4) is 28.7 Å². The summed E-state index contributed by atoms with van der Waals surface area (Å²) >= 11 is 0. The smallest absolute Gasteiger partial charge is 0.260 e. The Kier molecular flexibility index (Phi) is 18.3. The van der Waals surface area contributed by atoms with Crippen molar-refractivity contribution in [1.82, 2.24) is 25.3 Å². The van der Waals surface area contributed by atoms with Gasteiger partial charge in [0.15, 0.2) is 23.0 Å². The summed E-state index contributed by atoms with van der Waals surface area (Å²) in [5, 5.41) is 8.43. The number of rotatable bonds is 25. The van der Waals surface area contributed by atoms with E-state index in [0.29, 0.717) is 102 Å². The number of fused-ring (bicyclic) bond motifs is 4. The number of methoxy groups -OCH3 is 3. The van der Waals surface area contributed by atoms with Gasteiger partial charge in [0.2, 0.25) is 17.7 Å². The van der Waals surface area contributed by atoms with Crippen LogP contribution < -0.4 is 39.6 Å². The fraction of sp³-hybridized carbons (Fsp3) is 0.375. The number of aliphatic imine (C=N–C) groups is 2. The molecule has 83 heavy (non-hydrogen) atoms. The Balaban J connectivity index is 0.718. The molecule has 19 heteroatoms. The van der Waals surface area contributed by atoms with E-state index in [1.807, 2.05) is 75.8 Å². The summed E-state index contributed by atoms with van der Waals surface area (Å²) in [5.41, 5.74) is 6.15. The molecule has 0 saturated heterocycles. The van der Waals surface area contributed by atoms with Gasteiger partial charge in [-0.1, -0.05) is 51.1 Å². The third-order valence-electron chi connectivity index (χ3n) is 15.4. The summed E-state index contributed by atoms with van der Waals surface area (Å²) in [7, 11) is 4.71. The summed E-state index contributed by atoms with van der Waals surface area (Å²) in [6.45, 7) is 12.4. The molecule has 0 aromatic heterocycles. The predicted octanol–water partition coefficient (Wildman–Crippen LogP) is 9.73.